The summed E-state index contributed by atoms with van der Waals surface area (Å²) in [5.41, 5.74) is -3.58. The number of halogens is 6. The highest BCUT2D eigenvalue weighted by molar-refractivity contribution is 5.80. The van der Waals surface area contributed by atoms with Crippen LogP contribution < -0.4 is 5.32 Å². The average molecular weight is 413 g/mol. The summed E-state index contributed by atoms with van der Waals surface area (Å²) in [5, 5.41) is 16.8. The lowest BCUT2D eigenvalue weighted by Crippen LogP contribution is -2.13. The van der Waals surface area contributed by atoms with E-state index in [0.717, 1.165) is 6.07 Å². The molecule has 0 spiro atoms. The number of rotatable bonds is 3. The topological polar surface area (TPSA) is 83.8 Å². The zero-order valence-corrected chi connectivity index (χ0v) is 14.0. The van der Waals surface area contributed by atoms with E-state index in [9.17, 15) is 26.3 Å². The molecule has 3 heterocycles. The molecule has 4 aromatic rings. The van der Waals surface area contributed by atoms with Crippen LogP contribution in [-0.2, 0) is 12.4 Å². The van der Waals surface area contributed by atoms with Crippen molar-refractivity contribution in [3.05, 3.63) is 54.1 Å². The normalized spacial score (nSPS) is 12.5. The molecular formula is C16H9F6N7. The maximum Gasteiger partial charge on any atom is 0.417 e. The van der Waals surface area contributed by atoms with Crippen molar-refractivity contribution >= 4 is 17.3 Å². The van der Waals surface area contributed by atoms with Crippen LogP contribution in [0.2, 0.25) is 0 Å². The molecule has 13 heteroatoms. The van der Waals surface area contributed by atoms with Crippen molar-refractivity contribution in [2.45, 2.75) is 12.4 Å². The summed E-state index contributed by atoms with van der Waals surface area (Å²) in [7, 11) is 0. The fraction of sp³-hybridized carbons (Fsp3) is 0.125. The van der Waals surface area contributed by atoms with Crippen molar-refractivity contribution in [2.75, 3.05) is 5.32 Å². The van der Waals surface area contributed by atoms with E-state index in [1.54, 1.807) is 6.07 Å². The monoisotopic (exact) mass is 413 g/mol. The molecule has 0 bridgehead atoms. The van der Waals surface area contributed by atoms with Crippen molar-refractivity contribution in [2.24, 2.45) is 0 Å². The molecule has 0 aliphatic heterocycles. The molecule has 0 aliphatic rings. The van der Waals surface area contributed by atoms with Crippen LogP contribution in [0.15, 0.2) is 43.0 Å². The third kappa shape index (κ3) is 3.46. The number of anilines is 2. The Hall–Kier alpha value is -3.64. The predicted molar refractivity (Wildman–Crippen MR) is 88.1 cm³/mol. The van der Waals surface area contributed by atoms with Crippen molar-refractivity contribution in [3.8, 4) is 11.3 Å². The third-order valence-corrected chi connectivity index (χ3v) is 4.01. The number of nitrogens with one attached hydrogen (secondary N) is 2. The second-order valence-corrected chi connectivity index (χ2v) is 5.87. The lowest BCUT2D eigenvalue weighted by atomic mass is 10.00. The number of imidazole rings is 1. The second-order valence-electron chi connectivity index (χ2n) is 5.87. The molecule has 0 atom stereocenters. The Labute approximate surface area is 157 Å². The standard InChI is InChI=1S/C16H9F6N7/c17-15(18,19)8-1-2-9(10(5-8)16(20,21)22)13-11-6-23-7-29(11)14(28-27-13)25-12-3-4-24-26-12/h1-7H,(H2,24,25,26,28). The van der Waals surface area contributed by atoms with E-state index in [0.29, 0.717) is 11.9 Å². The van der Waals surface area contributed by atoms with Gasteiger partial charge in [-0.15, -0.1) is 10.2 Å². The summed E-state index contributed by atoms with van der Waals surface area (Å²) in [5.74, 6) is 0.554. The Morgan fingerprint density at radius 2 is 1.76 bits per heavy atom. The van der Waals surface area contributed by atoms with Crippen molar-refractivity contribution < 1.29 is 26.3 Å². The van der Waals surface area contributed by atoms with Gasteiger partial charge in [-0.25, -0.2) is 4.98 Å². The van der Waals surface area contributed by atoms with Crippen LogP contribution in [-0.4, -0.2) is 29.8 Å². The number of H-pyrrole nitrogens is 1. The quantitative estimate of drug-likeness (QED) is 0.490. The summed E-state index contributed by atoms with van der Waals surface area (Å²) < 4.78 is 80.5. The summed E-state index contributed by atoms with van der Waals surface area (Å²) in [6, 6.07) is 2.93. The highest BCUT2D eigenvalue weighted by Crippen LogP contribution is 2.41. The molecule has 29 heavy (non-hydrogen) atoms. The van der Waals surface area contributed by atoms with Gasteiger partial charge in [0.05, 0.1) is 29.0 Å². The van der Waals surface area contributed by atoms with Crippen LogP contribution in [0, 0.1) is 0 Å². The van der Waals surface area contributed by atoms with E-state index in [2.05, 4.69) is 30.7 Å². The largest absolute Gasteiger partial charge is 0.417 e. The Morgan fingerprint density at radius 1 is 0.966 bits per heavy atom. The number of alkyl halides is 6. The minimum Gasteiger partial charge on any atom is -0.309 e. The number of aromatic amines is 1. The molecule has 4 rings (SSSR count). The lowest BCUT2D eigenvalue weighted by Gasteiger charge is -2.16. The van der Waals surface area contributed by atoms with Crippen LogP contribution in [0.3, 0.4) is 0 Å². The average Bonchev–Trinajstić information content (AvgIpc) is 3.32. The van der Waals surface area contributed by atoms with Gasteiger partial charge in [0.25, 0.3) is 0 Å². The zero-order chi connectivity index (χ0) is 20.8. The number of aromatic nitrogens is 6. The fourth-order valence-electron chi connectivity index (χ4n) is 2.72. The maximum atomic E-state index is 13.5. The van der Waals surface area contributed by atoms with Gasteiger partial charge < -0.3 is 5.32 Å². The highest BCUT2D eigenvalue weighted by atomic mass is 19.4. The van der Waals surface area contributed by atoms with Crippen LogP contribution in [0.5, 0.6) is 0 Å². The molecular weight excluding hydrogens is 404 g/mol. The van der Waals surface area contributed by atoms with Gasteiger partial charge in [0.2, 0.25) is 5.95 Å². The van der Waals surface area contributed by atoms with Crippen LogP contribution >= 0.6 is 0 Å². The molecule has 3 aromatic heterocycles. The minimum absolute atomic E-state index is 0.0562. The van der Waals surface area contributed by atoms with Gasteiger partial charge >= 0.3 is 12.4 Å². The summed E-state index contributed by atoms with van der Waals surface area (Å²) in [6.07, 6.45) is -5.98. The Bertz CT molecular complexity index is 1160. The summed E-state index contributed by atoms with van der Waals surface area (Å²) in [6.45, 7) is 0. The first-order chi connectivity index (χ1) is 13.6. The number of nitrogens with zero attached hydrogens (tertiary/aromatic N) is 5. The van der Waals surface area contributed by atoms with E-state index < -0.39 is 29.0 Å². The molecule has 7 nitrogen and oxygen atoms in total. The molecule has 2 N–H and O–H groups in total. The van der Waals surface area contributed by atoms with E-state index in [4.69, 9.17) is 0 Å². The predicted octanol–water partition coefficient (Wildman–Crippen LogP) is 4.30. The zero-order valence-electron chi connectivity index (χ0n) is 14.0. The van der Waals surface area contributed by atoms with E-state index >= 15 is 0 Å². The first-order valence-corrected chi connectivity index (χ1v) is 7.88. The molecule has 0 aliphatic carbocycles. The summed E-state index contributed by atoms with van der Waals surface area (Å²) in [4.78, 5) is 3.88. The summed E-state index contributed by atoms with van der Waals surface area (Å²) >= 11 is 0. The molecule has 0 radical (unpaired) electrons. The molecule has 0 saturated carbocycles. The number of hydrogen-bond donors (Lipinski definition) is 2. The third-order valence-electron chi connectivity index (χ3n) is 4.01. The smallest absolute Gasteiger partial charge is 0.309 e. The minimum atomic E-state index is -5.04. The Balaban J connectivity index is 1.88. The van der Waals surface area contributed by atoms with Crippen molar-refractivity contribution in [3.63, 3.8) is 0 Å². The molecule has 150 valence electrons. The molecule has 0 amide bonds. The van der Waals surface area contributed by atoms with Gasteiger partial charge in [0.15, 0.2) is 0 Å². The van der Waals surface area contributed by atoms with E-state index in [-0.39, 0.29) is 23.2 Å². The van der Waals surface area contributed by atoms with Crippen LogP contribution in [0.4, 0.5) is 38.1 Å². The van der Waals surface area contributed by atoms with Gasteiger partial charge in [-0.05, 0) is 12.1 Å². The van der Waals surface area contributed by atoms with Gasteiger partial charge in [0.1, 0.15) is 17.8 Å². The first-order valence-electron chi connectivity index (χ1n) is 7.88. The number of fused-ring (bicyclic) bond motifs is 1. The van der Waals surface area contributed by atoms with Gasteiger partial charge in [0, 0.05) is 11.6 Å². The van der Waals surface area contributed by atoms with Gasteiger partial charge in [-0.1, -0.05) is 6.07 Å². The molecule has 1 aromatic carbocycles. The Kier molecular flexibility index (Phi) is 4.17. The highest BCUT2D eigenvalue weighted by Gasteiger charge is 2.39. The molecule has 0 saturated heterocycles. The number of benzene rings is 1. The number of hydrogen-bond acceptors (Lipinski definition) is 5. The van der Waals surface area contributed by atoms with Gasteiger partial charge in [-0.3, -0.25) is 9.50 Å². The SMILES string of the molecule is FC(F)(F)c1ccc(-c2nnc(Nc3ccn[nH]3)n3cncc23)c(C(F)(F)F)c1. The fourth-order valence-corrected chi connectivity index (χ4v) is 2.72. The van der Waals surface area contributed by atoms with Crippen LogP contribution in [0.1, 0.15) is 11.1 Å². The molecule has 0 unspecified atom stereocenters. The lowest BCUT2D eigenvalue weighted by molar-refractivity contribution is -0.142. The van der Waals surface area contributed by atoms with Crippen molar-refractivity contribution in [1.29, 1.82) is 0 Å². The van der Waals surface area contributed by atoms with Crippen LogP contribution in [0.25, 0.3) is 16.8 Å². The maximum absolute atomic E-state index is 13.5. The van der Waals surface area contributed by atoms with E-state index in [1.165, 1.54) is 23.1 Å². The first kappa shape index (κ1) is 18.7. The van der Waals surface area contributed by atoms with Crippen molar-refractivity contribution in [1.82, 2.24) is 29.8 Å². The molecule has 0 fully saturated rings. The van der Waals surface area contributed by atoms with Gasteiger partial charge in [-0.2, -0.15) is 31.4 Å². The Morgan fingerprint density at radius 3 is 2.41 bits per heavy atom. The second kappa shape index (κ2) is 6.46. The van der Waals surface area contributed by atoms with E-state index in [1.807, 2.05) is 0 Å².